The molecule has 0 saturated heterocycles. The van der Waals surface area contributed by atoms with Crippen LogP contribution >= 0.6 is 11.9 Å². The highest BCUT2D eigenvalue weighted by atomic mass is 32.2. The van der Waals surface area contributed by atoms with Gasteiger partial charge in [-0.2, -0.15) is 5.26 Å². The van der Waals surface area contributed by atoms with E-state index in [4.69, 9.17) is 0 Å². The predicted molar refractivity (Wildman–Crippen MR) is 95.5 cm³/mol. The fourth-order valence-electron chi connectivity index (χ4n) is 3.82. The molecule has 3 nitrogen and oxygen atoms in total. The van der Waals surface area contributed by atoms with E-state index < -0.39 is 0 Å². The highest BCUT2D eigenvalue weighted by Crippen LogP contribution is 2.44. The quantitative estimate of drug-likeness (QED) is 0.816. The van der Waals surface area contributed by atoms with E-state index in [0.717, 1.165) is 10.9 Å². The van der Waals surface area contributed by atoms with Crippen LogP contribution in [0.15, 0.2) is 23.1 Å². The number of nitriles is 1. The van der Waals surface area contributed by atoms with E-state index in [1.54, 1.807) is 11.9 Å². The molecule has 2 saturated carbocycles. The van der Waals surface area contributed by atoms with Crippen LogP contribution in [-0.4, -0.2) is 10.6 Å². The van der Waals surface area contributed by atoms with Crippen LogP contribution in [0.3, 0.4) is 0 Å². The summed E-state index contributed by atoms with van der Waals surface area (Å²) in [5.41, 5.74) is 3.32. The molecule has 1 aromatic carbocycles. The molecule has 23 heavy (non-hydrogen) atoms. The lowest BCUT2D eigenvalue weighted by atomic mass is 9.96. The monoisotopic (exact) mass is 325 g/mol. The van der Waals surface area contributed by atoms with Gasteiger partial charge >= 0.3 is 0 Å². The Bertz CT molecular complexity index is 761. The number of hydrogen-bond acceptors (Lipinski definition) is 3. The van der Waals surface area contributed by atoms with Gasteiger partial charge < -0.3 is 4.57 Å². The van der Waals surface area contributed by atoms with Crippen molar-refractivity contribution < 1.29 is 0 Å². The minimum Gasteiger partial charge on any atom is -0.346 e. The minimum atomic E-state index is 0.596. The van der Waals surface area contributed by atoms with E-state index in [1.807, 2.05) is 0 Å². The van der Waals surface area contributed by atoms with Gasteiger partial charge in [0.25, 0.3) is 0 Å². The standard InChI is InChI=1S/C19H23N3S/c1-22-18-11-15(23-21-14-5-3-2-4-6-14)9-10-16(18)17(12-20)19(22)13-7-8-13/h9-11,13-14,21H,2-8H2,1H3. The molecule has 0 amide bonds. The van der Waals surface area contributed by atoms with Crippen molar-refractivity contribution in [2.75, 3.05) is 0 Å². The zero-order valence-corrected chi connectivity index (χ0v) is 14.5. The second-order valence-corrected chi connectivity index (χ2v) is 7.85. The molecular formula is C19H23N3S. The normalized spacial score (nSPS) is 19.1. The molecule has 0 aliphatic heterocycles. The van der Waals surface area contributed by atoms with Gasteiger partial charge in [0.05, 0.1) is 11.1 Å². The first kappa shape index (κ1) is 15.1. The molecule has 2 aliphatic carbocycles. The van der Waals surface area contributed by atoms with Crippen molar-refractivity contribution in [3.8, 4) is 6.07 Å². The summed E-state index contributed by atoms with van der Waals surface area (Å²) in [4.78, 5) is 1.25. The maximum absolute atomic E-state index is 9.57. The Balaban J connectivity index is 1.60. The highest BCUT2D eigenvalue weighted by molar-refractivity contribution is 7.97. The Kier molecular flexibility index (Phi) is 4.09. The second kappa shape index (κ2) is 6.22. The first-order valence-electron chi connectivity index (χ1n) is 8.72. The maximum Gasteiger partial charge on any atom is 0.102 e. The largest absolute Gasteiger partial charge is 0.346 e. The van der Waals surface area contributed by atoms with E-state index in [0.29, 0.717) is 12.0 Å². The molecule has 0 spiro atoms. The Hall–Kier alpha value is -1.44. The first-order chi connectivity index (χ1) is 11.3. The predicted octanol–water partition coefficient (Wildman–Crippen LogP) is 4.86. The van der Waals surface area contributed by atoms with Crippen LogP contribution in [0.4, 0.5) is 0 Å². The lowest BCUT2D eigenvalue weighted by Crippen LogP contribution is -2.25. The molecule has 2 aliphatic rings. The third-order valence-electron chi connectivity index (χ3n) is 5.24. The van der Waals surface area contributed by atoms with Gasteiger partial charge in [0.15, 0.2) is 0 Å². The van der Waals surface area contributed by atoms with Crippen LogP contribution in [0.1, 0.15) is 62.1 Å². The van der Waals surface area contributed by atoms with E-state index in [2.05, 4.69) is 40.6 Å². The summed E-state index contributed by atoms with van der Waals surface area (Å²) in [6.45, 7) is 0. The summed E-state index contributed by atoms with van der Waals surface area (Å²) < 4.78 is 5.88. The number of nitrogens with one attached hydrogen (secondary N) is 1. The molecule has 1 heterocycles. The number of fused-ring (bicyclic) bond motifs is 1. The highest BCUT2D eigenvalue weighted by Gasteiger charge is 2.31. The molecule has 4 rings (SSSR count). The number of rotatable bonds is 4. The maximum atomic E-state index is 9.57. The number of aromatic nitrogens is 1. The Morgan fingerprint density at radius 2 is 1.96 bits per heavy atom. The Labute approximate surface area is 142 Å². The first-order valence-corrected chi connectivity index (χ1v) is 9.54. The van der Waals surface area contributed by atoms with E-state index in [-0.39, 0.29) is 0 Å². The third kappa shape index (κ3) is 2.88. The molecule has 120 valence electrons. The van der Waals surface area contributed by atoms with Gasteiger partial charge in [0, 0.05) is 35.0 Å². The van der Waals surface area contributed by atoms with Gasteiger partial charge in [-0.15, -0.1) is 0 Å². The van der Waals surface area contributed by atoms with Gasteiger partial charge in [0.1, 0.15) is 6.07 Å². The smallest absolute Gasteiger partial charge is 0.102 e. The molecule has 0 bridgehead atoms. The van der Waals surface area contributed by atoms with Crippen LogP contribution in [0.5, 0.6) is 0 Å². The molecule has 0 radical (unpaired) electrons. The Morgan fingerprint density at radius 1 is 1.17 bits per heavy atom. The lowest BCUT2D eigenvalue weighted by Gasteiger charge is -2.22. The third-order valence-corrected chi connectivity index (χ3v) is 6.18. The fraction of sp³-hybridized carbons (Fsp3) is 0.526. The van der Waals surface area contributed by atoms with E-state index >= 15 is 0 Å². The summed E-state index contributed by atoms with van der Waals surface area (Å²) in [5.74, 6) is 0.596. The van der Waals surface area contributed by atoms with Crippen LogP contribution in [0.2, 0.25) is 0 Å². The topological polar surface area (TPSA) is 40.8 Å². The molecule has 0 atom stereocenters. The summed E-state index contributed by atoms with van der Waals surface area (Å²) in [5, 5.41) is 10.7. The molecule has 4 heteroatoms. The van der Waals surface area contributed by atoms with E-state index in [9.17, 15) is 5.26 Å². The van der Waals surface area contributed by atoms with Crippen molar-refractivity contribution >= 4 is 22.9 Å². The summed E-state index contributed by atoms with van der Waals surface area (Å²) in [6, 6.07) is 9.61. The molecule has 2 aromatic rings. The summed E-state index contributed by atoms with van der Waals surface area (Å²) in [6.07, 6.45) is 9.14. The van der Waals surface area contributed by atoms with Gasteiger partial charge in [-0.25, -0.2) is 0 Å². The van der Waals surface area contributed by atoms with Crippen LogP contribution in [0, 0.1) is 11.3 Å². The lowest BCUT2D eigenvalue weighted by molar-refractivity contribution is 0.423. The average Bonchev–Trinajstić information content (AvgIpc) is 3.39. The van der Waals surface area contributed by atoms with Crippen LogP contribution in [0.25, 0.3) is 10.9 Å². The summed E-state index contributed by atoms with van der Waals surface area (Å²) >= 11 is 1.75. The Morgan fingerprint density at radius 3 is 2.65 bits per heavy atom. The van der Waals surface area contributed by atoms with Crippen LogP contribution in [-0.2, 0) is 7.05 Å². The average molecular weight is 325 g/mol. The van der Waals surface area contributed by atoms with Gasteiger partial charge in [-0.3, -0.25) is 4.72 Å². The van der Waals surface area contributed by atoms with Crippen LogP contribution < -0.4 is 4.72 Å². The minimum absolute atomic E-state index is 0.596. The molecule has 1 N–H and O–H groups in total. The van der Waals surface area contributed by atoms with Crippen molar-refractivity contribution in [2.45, 2.75) is 61.8 Å². The van der Waals surface area contributed by atoms with Gasteiger partial charge in [0.2, 0.25) is 0 Å². The van der Waals surface area contributed by atoms with Gasteiger partial charge in [-0.1, -0.05) is 25.3 Å². The SMILES string of the molecule is Cn1c(C2CC2)c(C#N)c2ccc(SNC3CCCCC3)cc21. The zero-order chi connectivity index (χ0) is 15.8. The van der Waals surface area contributed by atoms with Gasteiger partial charge in [-0.05, 0) is 49.8 Å². The molecule has 1 aromatic heterocycles. The summed E-state index contributed by atoms with van der Waals surface area (Å²) in [7, 11) is 2.11. The fourth-order valence-corrected chi connectivity index (χ4v) is 4.67. The number of nitrogens with zero attached hydrogens (tertiary/aromatic N) is 2. The second-order valence-electron chi connectivity index (χ2n) is 6.94. The van der Waals surface area contributed by atoms with Crippen molar-refractivity contribution in [2.24, 2.45) is 7.05 Å². The van der Waals surface area contributed by atoms with E-state index in [1.165, 1.54) is 61.1 Å². The molecule has 2 fully saturated rings. The van der Waals surface area contributed by atoms with Crippen molar-refractivity contribution in [1.29, 1.82) is 5.26 Å². The number of benzene rings is 1. The number of aryl methyl sites for hydroxylation is 1. The van der Waals surface area contributed by atoms with Crippen molar-refractivity contribution in [1.82, 2.24) is 9.29 Å². The van der Waals surface area contributed by atoms with Crippen molar-refractivity contribution in [3.63, 3.8) is 0 Å². The zero-order valence-electron chi connectivity index (χ0n) is 13.6. The molecular weight excluding hydrogens is 302 g/mol. The molecule has 0 unspecified atom stereocenters. The van der Waals surface area contributed by atoms with Crippen molar-refractivity contribution in [3.05, 3.63) is 29.5 Å². The number of hydrogen-bond donors (Lipinski definition) is 1.